The molecule has 7 heteroatoms. The Kier molecular flexibility index (Phi) is 3.85. The number of amides is 1. The SMILES string of the molecule is CCc1cnc(CNC(=O)c2sc3cccnc3c2N)s1. The van der Waals surface area contributed by atoms with E-state index in [0.29, 0.717) is 22.6 Å². The van der Waals surface area contributed by atoms with Crippen LogP contribution in [0.1, 0.15) is 26.5 Å². The van der Waals surface area contributed by atoms with Gasteiger partial charge in [0.1, 0.15) is 15.4 Å². The van der Waals surface area contributed by atoms with Crippen LogP contribution in [0.25, 0.3) is 10.2 Å². The van der Waals surface area contributed by atoms with Gasteiger partial charge in [-0.3, -0.25) is 9.78 Å². The summed E-state index contributed by atoms with van der Waals surface area (Å²) in [5.41, 5.74) is 7.14. The number of nitrogens with one attached hydrogen (secondary N) is 1. The molecular formula is C14H14N4OS2. The predicted octanol–water partition coefficient (Wildman–Crippen LogP) is 2.83. The van der Waals surface area contributed by atoms with Crippen LogP contribution in [0.2, 0.25) is 0 Å². The molecule has 3 heterocycles. The smallest absolute Gasteiger partial charge is 0.263 e. The van der Waals surface area contributed by atoms with Crippen molar-refractivity contribution in [3.8, 4) is 0 Å². The van der Waals surface area contributed by atoms with Gasteiger partial charge < -0.3 is 11.1 Å². The number of nitrogens with two attached hydrogens (primary N) is 1. The predicted molar refractivity (Wildman–Crippen MR) is 86.7 cm³/mol. The van der Waals surface area contributed by atoms with Crippen molar-refractivity contribution in [1.29, 1.82) is 0 Å². The van der Waals surface area contributed by atoms with Crippen molar-refractivity contribution in [1.82, 2.24) is 15.3 Å². The highest BCUT2D eigenvalue weighted by Crippen LogP contribution is 2.31. The molecule has 21 heavy (non-hydrogen) atoms. The van der Waals surface area contributed by atoms with Crippen molar-refractivity contribution in [2.45, 2.75) is 19.9 Å². The molecule has 0 aliphatic carbocycles. The zero-order valence-electron chi connectivity index (χ0n) is 11.4. The van der Waals surface area contributed by atoms with E-state index in [2.05, 4.69) is 22.2 Å². The van der Waals surface area contributed by atoms with Gasteiger partial charge in [0.15, 0.2) is 0 Å². The summed E-state index contributed by atoms with van der Waals surface area (Å²) in [5, 5.41) is 3.77. The summed E-state index contributed by atoms with van der Waals surface area (Å²) in [6.45, 7) is 2.51. The van der Waals surface area contributed by atoms with Crippen LogP contribution in [-0.4, -0.2) is 15.9 Å². The monoisotopic (exact) mass is 318 g/mol. The number of thiophene rings is 1. The molecule has 0 bridgehead atoms. The number of aryl methyl sites for hydroxylation is 1. The number of thiazole rings is 1. The summed E-state index contributed by atoms with van der Waals surface area (Å²) in [6, 6.07) is 3.75. The highest BCUT2D eigenvalue weighted by molar-refractivity contribution is 7.21. The number of carbonyl (C=O) groups is 1. The van der Waals surface area contributed by atoms with E-state index in [1.54, 1.807) is 17.5 Å². The van der Waals surface area contributed by atoms with E-state index in [4.69, 9.17) is 5.73 Å². The second-order valence-electron chi connectivity index (χ2n) is 4.45. The summed E-state index contributed by atoms with van der Waals surface area (Å²) >= 11 is 2.97. The van der Waals surface area contributed by atoms with Gasteiger partial charge in [-0.15, -0.1) is 22.7 Å². The second-order valence-corrected chi connectivity index (χ2v) is 6.70. The third-order valence-corrected chi connectivity index (χ3v) is 5.34. The number of fused-ring (bicyclic) bond motifs is 1. The number of anilines is 1. The Morgan fingerprint density at radius 2 is 2.24 bits per heavy atom. The van der Waals surface area contributed by atoms with Crippen molar-refractivity contribution in [3.63, 3.8) is 0 Å². The lowest BCUT2D eigenvalue weighted by atomic mass is 10.3. The number of nitrogens with zero attached hydrogens (tertiary/aromatic N) is 2. The first kappa shape index (κ1) is 14.0. The van der Waals surface area contributed by atoms with Crippen molar-refractivity contribution >= 4 is 44.5 Å². The van der Waals surface area contributed by atoms with E-state index >= 15 is 0 Å². The molecule has 0 fully saturated rings. The van der Waals surface area contributed by atoms with Crippen LogP contribution in [0.4, 0.5) is 5.69 Å². The number of nitrogen functional groups attached to an aromatic ring is 1. The molecular weight excluding hydrogens is 304 g/mol. The molecule has 0 spiro atoms. The molecule has 0 saturated heterocycles. The van der Waals surface area contributed by atoms with Gasteiger partial charge in [-0.25, -0.2) is 4.98 Å². The molecule has 3 aromatic rings. The lowest BCUT2D eigenvalue weighted by Crippen LogP contribution is -2.22. The Morgan fingerprint density at radius 1 is 1.38 bits per heavy atom. The maximum absolute atomic E-state index is 12.3. The summed E-state index contributed by atoms with van der Waals surface area (Å²) < 4.78 is 0.919. The zero-order chi connectivity index (χ0) is 14.8. The number of hydrogen-bond donors (Lipinski definition) is 2. The molecule has 5 nitrogen and oxygen atoms in total. The summed E-state index contributed by atoms with van der Waals surface area (Å²) in [7, 11) is 0. The van der Waals surface area contributed by atoms with E-state index in [0.717, 1.165) is 16.1 Å². The minimum absolute atomic E-state index is 0.177. The molecule has 3 rings (SSSR count). The van der Waals surface area contributed by atoms with Gasteiger partial charge in [-0.05, 0) is 18.6 Å². The fourth-order valence-electron chi connectivity index (χ4n) is 1.95. The molecule has 0 atom stereocenters. The minimum Gasteiger partial charge on any atom is -0.396 e. The zero-order valence-corrected chi connectivity index (χ0v) is 13.1. The number of pyridine rings is 1. The molecule has 0 aliphatic heterocycles. The Bertz CT molecular complexity index is 793. The van der Waals surface area contributed by atoms with Crippen LogP contribution in [0.15, 0.2) is 24.5 Å². The van der Waals surface area contributed by atoms with Gasteiger partial charge in [0.25, 0.3) is 5.91 Å². The maximum atomic E-state index is 12.3. The van der Waals surface area contributed by atoms with Crippen LogP contribution in [0.3, 0.4) is 0 Å². The van der Waals surface area contributed by atoms with Crippen molar-refractivity contribution in [3.05, 3.63) is 39.3 Å². The Balaban J connectivity index is 1.76. The molecule has 0 aliphatic rings. The summed E-state index contributed by atoms with van der Waals surface area (Å²) in [4.78, 5) is 22.5. The molecule has 108 valence electrons. The first-order chi connectivity index (χ1) is 10.2. The molecule has 0 unspecified atom stereocenters. The van der Waals surface area contributed by atoms with Crippen molar-refractivity contribution in [2.75, 3.05) is 5.73 Å². The molecule has 0 radical (unpaired) electrons. The minimum atomic E-state index is -0.177. The van der Waals surface area contributed by atoms with Crippen LogP contribution < -0.4 is 11.1 Å². The lowest BCUT2D eigenvalue weighted by molar-refractivity contribution is 0.0956. The van der Waals surface area contributed by atoms with Crippen LogP contribution in [-0.2, 0) is 13.0 Å². The molecule has 1 amide bonds. The summed E-state index contributed by atoms with van der Waals surface area (Å²) in [5.74, 6) is -0.177. The van der Waals surface area contributed by atoms with E-state index in [9.17, 15) is 4.79 Å². The quantitative estimate of drug-likeness (QED) is 0.775. The molecule has 0 aromatic carbocycles. The average Bonchev–Trinajstić information content (AvgIpc) is 3.10. The number of hydrogen-bond acceptors (Lipinski definition) is 6. The fourth-order valence-corrected chi connectivity index (χ4v) is 3.75. The Labute approximate surface area is 129 Å². The first-order valence-corrected chi connectivity index (χ1v) is 8.17. The van der Waals surface area contributed by atoms with E-state index in [-0.39, 0.29) is 5.91 Å². The van der Waals surface area contributed by atoms with E-state index in [1.807, 2.05) is 18.3 Å². The van der Waals surface area contributed by atoms with Gasteiger partial charge in [-0.2, -0.15) is 0 Å². The van der Waals surface area contributed by atoms with E-state index in [1.165, 1.54) is 16.2 Å². The third-order valence-electron chi connectivity index (χ3n) is 3.04. The lowest BCUT2D eigenvalue weighted by Gasteiger charge is -2.01. The van der Waals surface area contributed by atoms with Crippen molar-refractivity contribution < 1.29 is 4.79 Å². The van der Waals surface area contributed by atoms with Gasteiger partial charge in [0.2, 0.25) is 0 Å². The first-order valence-electron chi connectivity index (χ1n) is 6.53. The Hall–Kier alpha value is -1.99. The molecule has 3 N–H and O–H groups in total. The number of carbonyl (C=O) groups excluding carboxylic acids is 1. The highest BCUT2D eigenvalue weighted by atomic mass is 32.1. The standard InChI is InChI=1S/C14H14N4OS2/c1-2-8-6-17-10(20-8)7-18-14(19)13-11(15)12-9(21-13)4-3-5-16-12/h3-6H,2,7,15H2,1H3,(H,18,19). The van der Waals surface area contributed by atoms with Crippen LogP contribution in [0, 0.1) is 0 Å². The maximum Gasteiger partial charge on any atom is 0.263 e. The number of aromatic nitrogens is 2. The second kappa shape index (κ2) is 5.79. The van der Waals surface area contributed by atoms with E-state index < -0.39 is 0 Å². The Morgan fingerprint density at radius 3 is 2.95 bits per heavy atom. The van der Waals surface area contributed by atoms with Gasteiger partial charge >= 0.3 is 0 Å². The molecule has 0 saturated carbocycles. The topological polar surface area (TPSA) is 80.9 Å². The van der Waals surface area contributed by atoms with Gasteiger partial charge in [-0.1, -0.05) is 6.92 Å². The fraction of sp³-hybridized carbons (Fsp3) is 0.214. The summed E-state index contributed by atoms with van der Waals surface area (Å²) in [6.07, 6.45) is 4.49. The highest BCUT2D eigenvalue weighted by Gasteiger charge is 2.17. The third kappa shape index (κ3) is 2.74. The van der Waals surface area contributed by atoms with Crippen LogP contribution in [0.5, 0.6) is 0 Å². The number of rotatable bonds is 4. The van der Waals surface area contributed by atoms with Gasteiger partial charge in [0, 0.05) is 17.3 Å². The van der Waals surface area contributed by atoms with Gasteiger partial charge in [0.05, 0.1) is 16.9 Å². The largest absolute Gasteiger partial charge is 0.396 e. The average molecular weight is 318 g/mol. The van der Waals surface area contributed by atoms with Crippen LogP contribution >= 0.6 is 22.7 Å². The molecule has 3 aromatic heterocycles. The van der Waals surface area contributed by atoms with Crippen molar-refractivity contribution in [2.24, 2.45) is 0 Å². The normalized spacial score (nSPS) is 10.9.